The van der Waals surface area contributed by atoms with Crippen molar-refractivity contribution in [1.82, 2.24) is 0 Å². The second-order valence-electron chi connectivity index (χ2n) is 4.60. The van der Waals surface area contributed by atoms with Crippen LogP contribution in [-0.4, -0.2) is 41.9 Å². The molecule has 0 spiro atoms. The summed E-state index contributed by atoms with van der Waals surface area (Å²) in [4.78, 5) is 0. The van der Waals surface area contributed by atoms with Crippen LogP contribution in [0, 0.1) is 0 Å². The molecule has 1 N–H and O–H groups in total. The van der Waals surface area contributed by atoms with Crippen LogP contribution in [0.5, 0.6) is 0 Å². The van der Waals surface area contributed by atoms with E-state index in [1.807, 2.05) is 0 Å². The van der Waals surface area contributed by atoms with Gasteiger partial charge < -0.3 is 9.59 Å². The van der Waals surface area contributed by atoms with Crippen molar-refractivity contribution in [3.63, 3.8) is 0 Å². The molecule has 0 aromatic heterocycles. The first-order valence-electron chi connectivity index (χ1n) is 4.20. The van der Waals surface area contributed by atoms with E-state index >= 15 is 0 Å². The normalized spacial score (nSPS) is 14.2. The molecule has 68 valence electrons. The number of quaternary nitrogens is 1. The number of nitrogens with zero attached hydrogens (tertiary/aromatic N) is 1. The standard InChI is InChI=1S/C9H22NO/c1-8(2)10(5,6)9(3,4)7-11/h8,11H,7H2,1-6H3/q+1. The molecule has 0 fully saturated rings. The molecule has 0 heterocycles. The van der Waals surface area contributed by atoms with Crippen molar-refractivity contribution < 1.29 is 9.59 Å². The van der Waals surface area contributed by atoms with Crippen LogP contribution in [0.4, 0.5) is 0 Å². The van der Waals surface area contributed by atoms with Gasteiger partial charge in [0.2, 0.25) is 0 Å². The highest BCUT2D eigenvalue weighted by Gasteiger charge is 2.37. The van der Waals surface area contributed by atoms with Crippen molar-refractivity contribution in [2.24, 2.45) is 0 Å². The van der Waals surface area contributed by atoms with E-state index in [0.29, 0.717) is 6.04 Å². The van der Waals surface area contributed by atoms with Gasteiger partial charge in [-0.2, -0.15) is 0 Å². The van der Waals surface area contributed by atoms with Crippen molar-refractivity contribution in [3.8, 4) is 0 Å². The molecule has 0 aromatic rings. The average molecular weight is 160 g/mol. The average Bonchev–Trinajstić information content (AvgIpc) is 1.87. The molecule has 0 amide bonds. The molecule has 2 nitrogen and oxygen atoms in total. The van der Waals surface area contributed by atoms with Crippen LogP contribution in [0.1, 0.15) is 27.7 Å². The Bertz CT molecular complexity index is 128. The molecule has 0 bridgehead atoms. The fourth-order valence-corrected chi connectivity index (χ4v) is 0.881. The van der Waals surface area contributed by atoms with Crippen LogP contribution in [0.25, 0.3) is 0 Å². The predicted octanol–water partition coefficient (Wildman–Crippen LogP) is 1.24. The number of hydrogen-bond donors (Lipinski definition) is 1. The zero-order valence-electron chi connectivity index (χ0n) is 8.68. The van der Waals surface area contributed by atoms with Crippen LogP contribution in [0.3, 0.4) is 0 Å². The number of aliphatic hydroxyl groups excluding tert-OH is 1. The molecule has 0 saturated carbocycles. The third kappa shape index (κ3) is 1.94. The monoisotopic (exact) mass is 160 g/mol. The van der Waals surface area contributed by atoms with E-state index < -0.39 is 0 Å². The number of likely N-dealkylation sites (N-methyl/N-ethyl adjacent to an activating group) is 1. The van der Waals surface area contributed by atoms with Gasteiger partial charge in [0.25, 0.3) is 0 Å². The van der Waals surface area contributed by atoms with Crippen LogP contribution in [0.2, 0.25) is 0 Å². The van der Waals surface area contributed by atoms with Crippen LogP contribution < -0.4 is 0 Å². The number of aliphatic hydroxyl groups is 1. The van der Waals surface area contributed by atoms with E-state index in [1.54, 1.807) is 0 Å². The summed E-state index contributed by atoms with van der Waals surface area (Å²) < 4.78 is 0.851. The summed E-state index contributed by atoms with van der Waals surface area (Å²) in [5, 5.41) is 9.16. The lowest BCUT2D eigenvalue weighted by molar-refractivity contribution is -0.957. The van der Waals surface area contributed by atoms with Crippen molar-refractivity contribution in [2.45, 2.75) is 39.3 Å². The SMILES string of the molecule is CC(C)[N+](C)(C)C(C)(C)CO. The second-order valence-corrected chi connectivity index (χ2v) is 4.60. The predicted molar refractivity (Wildman–Crippen MR) is 48.4 cm³/mol. The lowest BCUT2D eigenvalue weighted by Crippen LogP contribution is -2.61. The molecule has 0 unspecified atom stereocenters. The largest absolute Gasteiger partial charge is 0.390 e. The van der Waals surface area contributed by atoms with E-state index in [2.05, 4.69) is 41.8 Å². The Morgan fingerprint density at radius 1 is 1.27 bits per heavy atom. The molecule has 0 rings (SSSR count). The number of hydrogen-bond acceptors (Lipinski definition) is 1. The van der Waals surface area contributed by atoms with Gasteiger partial charge in [0.05, 0.1) is 26.7 Å². The molecule has 11 heavy (non-hydrogen) atoms. The summed E-state index contributed by atoms with van der Waals surface area (Å²) in [6.45, 7) is 8.77. The molecule has 0 aromatic carbocycles. The zero-order chi connectivity index (χ0) is 9.28. The Kier molecular flexibility index (Phi) is 3.09. The Hall–Kier alpha value is -0.0800. The Morgan fingerprint density at radius 3 is 1.73 bits per heavy atom. The van der Waals surface area contributed by atoms with Gasteiger partial charge in [-0.1, -0.05) is 0 Å². The lowest BCUT2D eigenvalue weighted by Gasteiger charge is -2.46. The minimum Gasteiger partial charge on any atom is -0.390 e. The van der Waals surface area contributed by atoms with E-state index in [4.69, 9.17) is 5.11 Å². The number of rotatable bonds is 3. The van der Waals surface area contributed by atoms with Crippen molar-refractivity contribution in [2.75, 3.05) is 20.7 Å². The van der Waals surface area contributed by atoms with Crippen molar-refractivity contribution in [3.05, 3.63) is 0 Å². The molecule has 0 radical (unpaired) electrons. The molecule has 0 atom stereocenters. The van der Waals surface area contributed by atoms with Gasteiger partial charge in [0, 0.05) is 0 Å². The molecular formula is C9H22NO+. The second kappa shape index (κ2) is 3.11. The third-order valence-electron chi connectivity index (χ3n) is 3.24. The van der Waals surface area contributed by atoms with Crippen LogP contribution >= 0.6 is 0 Å². The van der Waals surface area contributed by atoms with E-state index in [9.17, 15) is 0 Å². The highest BCUT2D eigenvalue weighted by molar-refractivity contribution is 4.68. The Labute approximate surface area is 70.4 Å². The molecule has 0 aliphatic carbocycles. The minimum absolute atomic E-state index is 0.0475. The fourth-order valence-electron chi connectivity index (χ4n) is 0.881. The highest BCUT2D eigenvalue weighted by atomic mass is 16.3. The summed E-state index contributed by atoms with van der Waals surface area (Å²) >= 11 is 0. The zero-order valence-corrected chi connectivity index (χ0v) is 8.68. The quantitative estimate of drug-likeness (QED) is 0.616. The summed E-state index contributed by atoms with van der Waals surface area (Å²) in [6.07, 6.45) is 0. The van der Waals surface area contributed by atoms with E-state index in [-0.39, 0.29) is 12.1 Å². The molecular weight excluding hydrogens is 138 g/mol. The Balaban J connectivity index is 4.53. The van der Waals surface area contributed by atoms with Gasteiger partial charge in [-0.3, -0.25) is 0 Å². The van der Waals surface area contributed by atoms with E-state index in [0.717, 1.165) is 4.48 Å². The van der Waals surface area contributed by atoms with Gasteiger partial charge in [-0.15, -0.1) is 0 Å². The van der Waals surface area contributed by atoms with Crippen molar-refractivity contribution in [1.29, 1.82) is 0 Å². The lowest BCUT2D eigenvalue weighted by atomic mass is 9.99. The first-order chi connectivity index (χ1) is 4.75. The summed E-state index contributed by atoms with van der Waals surface area (Å²) in [7, 11) is 4.31. The van der Waals surface area contributed by atoms with Gasteiger partial charge in [-0.05, 0) is 27.7 Å². The van der Waals surface area contributed by atoms with Crippen LogP contribution in [-0.2, 0) is 0 Å². The fraction of sp³-hybridized carbons (Fsp3) is 1.00. The van der Waals surface area contributed by atoms with Gasteiger partial charge in [0.15, 0.2) is 0 Å². The van der Waals surface area contributed by atoms with Crippen molar-refractivity contribution >= 4 is 0 Å². The molecule has 0 aliphatic rings. The van der Waals surface area contributed by atoms with E-state index in [1.165, 1.54) is 0 Å². The Morgan fingerprint density at radius 2 is 1.64 bits per heavy atom. The van der Waals surface area contributed by atoms with Crippen LogP contribution in [0.15, 0.2) is 0 Å². The smallest absolute Gasteiger partial charge is 0.117 e. The molecule has 0 aliphatic heterocycles. The minimum atomic E-state index is -0.0475. The molecule has 0 saturated heterocycles. The molecule has 2 heteroatoms. The first-order valence-corrected chi connectivity index (χ1v) is 4.20. The van der Waals surface area contributed by atoms with Gasteiger partial charge in [-0.25, -0.2) is 0 Å². The van der Waals surface area contributed by atoms with Gasteiger partial charge in [0.1, 0.15) is 5.54 Å². The topological polar surface area (TPSA) is 20.2 Å². The third-order valence-corrected chi connectivity index (χ3v) is 3.24. The maximum absolute atomic E-state index is 9.16. The first kappa shape index (κ1) is 10.9. The maximum atomic E-state index is 9.16. The maximum Gasteiger partial charge on any atom is 0.117 e. The highest BCUT2D eigenvalue weighted by Crippen LogP contribution is 2.22. The summed E-state index contributed by atoms with van der Waals surface area (Å²) in [6, 6.07) is 0.539. The summed E-state index contributed by atoms with van der Waals surface area (Å²) in [5.41, 5.74) is -0.0475. The summed E-state index contributed by atoms with van der Waals surface area (Å²) in [5.74, 6) is 0. The van der Waals surface area contributed by atoms with Gasteiger partial charge >= 0.3 is 0 Å².